The molecule has 1 aromatic carbocycles. The van der Waals surface area contributed by atoms with Crippen LogP contribution < -0.4 is 10.2 Å². The fourth-order valence-corrected chi connectivity index (χ4v) is 3.00. The number of likely N-dealkylation sites (tertiary alicyclic amines) is 1. The van der Waals surface area contributed by atoms with Gasteiger partial charge in [0.25, 0.3) is 0 Å². The maximum atomic E-state index is 12.7. The Labute approximate surface area is 89.1 Å². The number of benzene rings is 1. The van der Waals surface area contributed by atoms with E-state index in [1.165, 1.54) is 25.1 Å². The fraction of sp³-hybridized carbons (Fsp3) is 0.500. The fourth-order valence-electron chi connectivity index (χ4n) is 3.00. The van der Waals surface area contributed by atoms with Crippen LogP contribution in [-0.2, 0) is 6.54 Å². The minimum Gasteiger partial charge on any atom is -0.334 e. The first-order chi connectivity index (χ1) is 7.31. The lowest BCUT2D eigenvalue weighted by atomic mass is 10.2. The summed E-state index contributed by atoms with van der Waals surface area (Å²) in [5, 5.41) is 2.47. The third-order valence-electron chi connectivity index (χ3n) is 3.79. The van der Waals surface area contributed by atoms with Crippen LogP contribution in [0.5, 0.6) is 0 Å². The van der Waals surface area contributed by atoms with Gasteiger partial charge in [-0.3, -0.25) is 0 Å². The van der Waals surface area contributed by atoms with Gasteiger partial charge in [0.2, 0.25) is 0 Å². The molecule has 3 heteroatoms. The van der Waals surface area contributed by atoms with Crippen LogP contribution in [0.1, 0.15) is 12.0 Å². The van der Waals surface area contributed by atoms with Gasteiger partial charge in [-0.15, -0.1) is 0 Å². The smallest absolute Gasteiger partial charge is 0.143 e. The largest absolute Gasteiger partial charge is 0.334 e. The molecule has 0 amide bonds. The molecule has 15 heavy (non-hydrogen) atoms. The van der Waals surface area contributed by atoms with Crippen LogP contribution >= 0.6 is 0 Å². The van der Waals surface area contributed by atoms with Crippen LogP contribution in [0.25, 0.3) is 0 Å². The predicted molar refractivity (Wildman–Crippen MR) is 54.9 cm³/mol. The van der Waals surface area contributed by atoms with Gasteiger partial charge in [-0.1, -0.05) is 12.1 Å². The Morgan fingerprint density at radius 1 is 1.33 bits per heavy atom. The lowest BCUT2D eigenvalue weighted by Crippen LogP contribution is -3.19. The van der Waals surface area contributed by atoms with Gasteiger partial charge in [-0.2, -0.15) is 0 Å². The molecule has 2 fully saturated rings. The Morgan fingerprint density at radius 3 is 2.73 bits per heavy atom. The Morgan fingerprint density at radius 2 is 2.13 bits per heavy atom. The zero-order chi connectivity index (χ0) is 10.3. The van der Waals surface area contributed by atoms with Gasteiger partial charge in [0.1, 0.15) is 37.5 Å². The van der Waals surface area contributed by atoms with E-state index in [9.17, 15) is 4.39 Å². The molecule has 0 radical (unpaired) electrons. The highest BCUT2D eigenvalue weighted by Crippen LogP contribution is 2.05. The predicted octanol–water partition coefficient (Wildman–Crippen LogP) is -1.07. The number of halogens is 1. The van der Waals surface area contributed by atoms with Crippen molar-refractivity contribution in [2.24, 2.45) is 0 Å². The summed E-state index contributed by atoms with van der Waals surface area (Å²) < 4.78 is 12.7. The molecule has 2 heterocycles. The summed E-state index contributed by atoms with van der Waals surface area (Å²) in [6.07, 6.45) is 1.37. The number of fused-ring (bicyclic) bond motifs is 2. The summed E-state index contributed by atoms with van der Waals surface area (Å²) in [6.45, 7) is 3.62. The summed E-state index contributed by atoms with van der Waals surface area (Å²) >= 11 is 0. The van der Waals surface area contributed by atoms with Crippen LogP contribution in [-0.4, -0.2) is 25.2 Å². The number of hydrogen-bond acceptors (Lipinski definition) is 0. The molecule has 3 rings (SSSR count). The van der Waals surface area contributed by atoms with Crippen molar-refractivity contribution in [1.82, 2.24) is 0 Å². The van der Waals surface area contributed by atoms with E-state index in [2.05, 4.69) is 5.32 Å². The minimum absolute atomic E-state index is 0.134. The Kier molecular flexibility index (Phi) is 2.22. The summed E-state index contributed by atoms with van der Waals surface area (Å²) in [6, 6.07) is 8.64. The molecular formula is C12H17FN2+2. The average Bonchev–Trinajstić information content (AvgIpc) is 2.83. The molecule has 3 atom stereocenters. The first-order valence-corrected chi connectivity index (χ1v) is 5.73. The summed E-state index contributed by atoms with van der Waals surface area (Å²) in [4.78, 5) is 1.69. The van der Waals surface area contributed by atoms with Crippen molar-refractivity contribution in [1.29, 1.82) is 0 Å². The molecule has 2 bridgehead atoms. The van der Waals surface area contributed by atoms with Crippen molar-refractivity contribution in [2.45, 2.75) is 25.0 Å². The molecular weight excluding hydrogens is 191 g/mol. The van der Waals surface area contributed by atoms with Crippen molar-refractivity contribution in [2.75, 3.05) is 13.1 Å². The molecule has 3 N–H and O–H groups in total. The third kappa shape index (κ3) is 1.77. The van der Waals surface area contributed by atoms with Crippen LogP contribution in [0.2, 0.25) is 0 Å². The molecule has 1 unspecified atom stereocenters. The van der Waals surface area contributed by atoms with Crippen LogP contribution in [0.3, 0.4) is 0 Å². The Balaban J connectivity index is 1.68. The van der Waals surface area contributed by atoms with Gasteiger partial charge in [-0.25, -0.2) is 4.39 Å². The number of nitrogens with two attached hydrogens (primary N) is 1. The second-order valence-corrected chi connectivity index (χ2v) is 4.83. The minimum atomic E-state index is -0.134. The molecule has 0 aliphatic carbocycles. The highest BCUT2D eigenvalue weighted by Gasteiger charge is 2.45. The van der Waals surface area contributed by atoms with E-state index in [-0.39, 0.29) is 5.82 Å². The van der Waals surface area contributed by atoms with Gasteiger partial charge >= 0.3 is 0 Å². The molecule has 0 aromatic heterocycles. The second-order valence-electron chi connectivity index (χ2n) is 4.83. The number of rotatable bonds is 2. The van der Waals surface area contributed by atoms with Crippen molar-refractivity contribution in [3.8, 4) is 0 Å². The standard InChI is InChI=1S/C12H15FN2/c13-10-3-1-9(2-4-10)7-15-8-11-5-12(15)6-14-11/h1-4,11-12,14H,5-8H2/p+2/t11-,12-/m1/s1. The van der Waals surface area contributed by atoms with Crippen molar-refractivity contribution < 1.29 is 14.6 Å². The Hall–Kier alpha value is -0.930. The lowest BCUT2D eigenvalue weighted by molar-refractivity contribution is -0.963. The maximum absolute atomic E-state index is 12.7. The van der Waals surface area contributed by atoms with Crippen molar-refractivity contribution in [3.63, 3.8) is 0 Å². The first-order valence-electron chi connectivity index (χ1n) is 5.73. The van der Waals surface area contributed by atoms with Gasteiger partial charge < -0.3 is 10.2 Å². The maximum Gasteiger partial charge on any atom is 0.143 e. The molecule has 0 spiro atoms. The van der Waals surface area contributed by atoms with E-state index < -0.39 is 0 Å². The van der Waals surface area contributed by atoms with E-state index in [0.29, 0.717) is 0 Å². The number of hydrogen-bond donors (Lipinski definition) is 2. The van der Waals surface area contributed by atoms with E-state index in [4.69, 9.17) is 0 Å². The van der Waals surface area contributed by atoms with Gasteiger partial charge in [0.15, 0.2) is 0 Å². The lowest BCUT2D eigenvalue weighted by Gasteiger charge is -2.22. The molecule has 0 saturated carbocycles. The molecule has 2 saturated heterocycles. The van der Waals surface area contributed by atoms with Gasteiger partial charge in [0.05, 0.1) is 6.42 Å². The van der Waals surface area contributed by atoms with Crippen LogP contribution in [0, 0.1) is 5.82 Å². The van der Waals surface area contributed by atoms with Crippen molar-refractivity contribution >= 4 is 0 Å². The highest BCUT2D eigenvalue weighted by molar-refractivity contribution is 5.14. The molecule has 1 aromatic rings. The molecule has 2 aliphatic rings. The zero-order valence-corrected chi connectivity index (χ0v) is 8.75. The van der Waals surface area contributed by atoms with Crippen LogP contribution in [0.15, 0.2) is 24.3 Å². The first kappa shape index (κ1) is 9.31. The molecule has 2 aliphatic heterocycles. The summed E-state index contributed by atoms with van der Waals surface area (Å²) in [5.41, 5.74) is 1.26. The normalized spacial score (nSPS) is 33.5. The summed E-state index contributed by atoms with van der Waals surface area (Å²) in [5.74, 6) is -0.134. The Bertz CT molecular complexity index is 349. The molecule has 2 nitrogen and oxygen atoms in total. The SMILES string of the molecule is Fc1ccc(C[NH+]2C[C@H]3C[C@@H]2C[NH2+]3)cc1. The third-order valence-corrected chi connectivity index (χ3v) is 3.79. The van der Waals surface area contributed by atoms with Gasteiger partial charge in [0, 0.05) is 5.56 Å². The zero-order valence-electron chi connectivity index (χ0n) is 8.75. The molecule has 80 valence electrons. The van der Waals surface area contributed by atoms with Gasteiger partial charge in [-0.05, 0) is 12.1 Å². The second kappa shape index (κ2) is 3.58. The monoisotopic (exact) mass is 208 g/mol. The van der Waals surface area contributed by atoms with Crippen molar-refractivity contribution in [3.05, 3.63) is 35.6 Å². The van der Waals surface area contributed by atoms with Crippen LogP contribution in [0.4, 0.5) is 4.39 Å². The topological polar surface area (TPSA) is 21.1 Å². The number of piperazine rings is 1. The van der Waals surface area contributed by atoms with E-state index >= 15 is 0 Å². The number of nitrogens with one attached hydrogen (secondary N) is 1. The quantitative estimate of drug-likeness (QED) is 0.617. The van der Waals surface area contributed by atoms with E-state index in [1.54, 1.807) is 17.0 Å². The highest BCUT2D eigenvalue weighted by atomic mass is 19.1. The summed E-state index contributed by atoms with van der Waals surface area (Å²) in [7, 11) is 0. The van der Waals surface area contributed by atoms with E-state index in [0.717, 1.165) is 18.6 Å². The average molecular weight is 208 g/mol. The van der Waals surface area contributed by atoms with E-state index in [1.807, 2.05) is 12.1 Å². The number of quaternary nitrogens is 2.